The van der Waals surface area contributed by atoms with Crippen molar-refractivity contribution in [3.63, 3.8) is 0 Å². The lowest BCUT2D eigenvalue weighted by molar-refractivity contribution is 0.483. The summed E-state index contributed by atoms with van der Waals surface area (Å²) in [5, 5.41) is 12.0. The summed E-state index contributed by atoms with van der Waals surface area (Å²) >= 11 is 1.59. The van der Waals surface area contributed by atoms with Crippen LogP contribution in [0.2, 0.25) is 0 Å². The molecule has 0 aliphatic heterocycles. The van der Waals surface area contributed by atoms with Crippen LogP contribution in [0.25, 0.3) is 20.2 Å². The fraction of sp³-hybridized carbons (Fsp3) is 0. The van der Waals surface area contributed by atoms with Gasteiger partial charge in [0.2, 0.25) is 0 Å². The topological polar surface area (TPSA) is 46.2 Å². The van der Waals surface area contributed by atoms with Gasteiger partial charge in [0.1, 0.15) is 5.75 Å². The largest absolute Gasteiger partial charge is 0.506 e. The van der Waals surface area contributed by atoms with Gasteiger partial charge in [-0.2, -0.15) is 0 Å². The van der Waals surface area contributed by atoms with Gasteiger partial charge >= 0.3 is 0 Å². The lowest BCUT2D eigenvalue weighted by atomic mass is 10.1. The Hall–Kier alpha value is -1.74. The van der Waals surface area contributed by atoms with Crippen molar-refractivity contribution in [1.82, 2.24) is 0 Å². The Bertz CT molecular complexity index is 657. The molecule has 0 fully saturated rings. The first-order valence-electron chi connectivity index (χ1n) is 4.65. The van der Waals surface area contributed by atoms with Gasteiger partial charge in [-0.3, -0.25) is 0 Å². The normalized spacial score (nSPS) is 11.2. The van der Waals surface area contributed by atoms with Gasteiger partial charge in [-0.05, 0) is 12.1 Å². The van der Waals surface area contributed by atoms with Crippen molar-refractivity contribution in [2.45, 2.75) is 0 Å². The van der Waals surface area contributed by atoms with Gasteiger partial charge in [0.15, 0.2) is 0 Å². The molecule has 0 spiro atoms. The van der Waals surface area contributed by atoms with Gasteiger partial charge in [0.05, 0.1) is 4.70 Å². The van der Waals surface area contributed by atoms with E-state index in [-0.39, 0.29) is 5.75 Å². The number of thiophene rings is 1. The molecule has 15 heavy (non-hydrogen) atoms. The van der Waals surface area contributed by atoms with Crippen LogP contribution in [0.4, 0.5) is 5.69 Å². The number of nitrogen functional groups attached to an aromatic ring is 1. The molecule has 0 aliphatic carbocycles. The zero-order chi connectivity index (χ0) is 10.4. The highest BCUT2D eigenvalue weighted by Gasteiger charge is 2.08. The molecule has 0 saturated heterocycles. The molecule has 0 amide bonds. The van der Waals surface area contributed by atoms with Crippen molar-refractivity contribution < 1.29 is 5.11 Å². The number of hydrogen-bond acceptors (Lipinski definition) is 3. The summed E-state index contributed by atoms with van der Waals surface area (Å²) in [6.07, 6.45) is 0. The van der Waals surface area contributed by atoms with Crippen LogP contribution in [0.3, 0.4) is 0 Å². The van der Waals surface area contributed by atoms with Crippen LogP contribution >= 0.6 is 11.3 Å². The molecule has 3 N–H and O–H groups in total. The lowest BCUT2D eigenvalue weighted by Crippen LogP contribution is -1.82. The highest BCUT2D eigenvalue weighted by molar-refractivity contribution is 7.26. The Balaban J connectivity index is 2.61. The molecule has 3 aromatic rings. The average molecular weight is 215 g/mol. The Morgan fingerprint density at radius 2 is 1.87 bits per heavy atom. The predicted octanol–water partition coefficient (Wildman–Crippen LogP) is 3.34. The van der Waals surface area contributed by atoms with E-state index in [0.717, 1.165) is 15.5 Å². The fourth-order valence-electron chi connectivity index (χ4n) is 1.83. The minimum Gasteiger partial charge on any atom is -0.506 e. The standard InChI is InChI=1S/C12H9NOS/c13-7-5-9-8-3-1-2-4-11(8)15-12(9)10(14)6-7/h1-6,14H,13H2. The SMILES string of the molecule is Nc1cc(O)c2sc3ccccc3c2c1. The summed E-state index contributed by atoms with van der Waals surface area (Å²) in [7, 11) is 0. The zero-order valence-electron chi connectivity index (χ0n) is 7.90. The maximum atomic E-state index is 9.78. The third-order valence-corrected chi connectivity index (χ3v) is 3.69. The lowest BCUT2D eigenvalue weighted by Gasteiger charge is -1.97. The van der Waals surface area contributed by atoms with Crippen LogP contribution in [-0.2, 0) is 0 Å². The van der Waals surface area contributed by atoms with Gasteiger partial charge < -0.3 is 10.8 Å². The Morgan fingerprint density at radius 3 is 2.73 bits per heavy atom. The number of benzene rings is 2. The second-order valence-electron chi connectivity index (χ2n) is 3.51. The van der Waals surface area contributed by atoms with Gasteiger partial charge in [-0.15, -0.1) is 11.3 Å². The number of phenols is 1. The molecule has 2 nitrogen and oxygen atoms in total. The summed E-state index contributed by atoms with van der Waals surface area (Å²) in [6, 6.07) is 11.6. The third kappa shape index (κ3) is 1.17. The molecule has 0 saturated carbocycles. The molecule has 3 heteroatoms. The number of phenolic OH excluding ortho intramolecular Hbond substituents is 1. The van der Waals surface area contributed by atoms with Crippen LogP contribution < -0.4 is 5.73 Å². The van der Waals surface area contributed by atoms with E-state index in [1.165, 1.54) is 4.70 Å². The summed E-state index contributed by atoms with van der Waals surface area (Å²) in [6.45, 7) is 0. The number of aromatic hydroxyl groups is 1. The number of nitrogens with two attached hydrogens (primary N) is 1. The number of fused-ring (bicyclic) bond motifs is 3. The maximum Gasteiger partial charge on any atom is 0.135 e. The van der Waals surface area contributed by atoms with Gasteiger partial charge in [-0.25, -0.2) is 0 Å². The highest BCUT2D eigenvalue weighted by atomic mass is 32.1. The van der Waals surface area contributed by atoms with Crippen LogP contribution in [0.1, 0.15) is 0 Å². The molecule has 1 aromatic heterocycles. The summed E-state index contributed by atoms with van der Waals surface area (Å²) in [5.74, 6) is 0.270. The molecule has 0 aliphatic rings. The zero-order valence-corrected chi connectivity index (χ0v) is 8.71. The Morgan fingerprint density at radius 1 is 1.07 bits per heavy atom. The van der Waals surface area contributed by atoms with E-state index in [0.29, 0.717) is 5.69 Å². The smallest absolute Gasteiger partial charge is 0.135 e. The average Bonchev–Trinajstić information content (AvgIpc) is 2.57. The molecule has 0 atom stereocenters. The van der Waals surface area contributed by atoms with Crippen LogP contribution in [0.15, 0.2) is 36.4 Å². The first-order valence-corrected chi connectivity index (χ1v) is 5.47. The third-order valence-electron chi connectivity index (χ3n) is 2.48. The predicted molar refractivity (Wildman–Crippen MR) is 65.4 cm³/mol. The Kier molecular flexibility index (Phi) is 1.64. The minimum atomic E-state index is 0.270. The molecule has 0 radical (unpaired) electrons. The maximum absolute atomic E-state index is 9.78. The molecular weight excluding hydrogens is 206 g/mol. The van der Waals surface area contributed by atoms with Crippen molar-refractivity contribution >= 4 is 37.2 Å². The summed E-state index contributed by atoms with van der Waals surface area (Å²) < 4.78 is 2.08. The summed E-state index contributed by atoms with van der Waals surface area (Å²) in [4.78, 5) is 0. The second-order valence-corrected chi connectivity index (χ2v) is 4.57. The van der Waals surface area contributed by atoms with Crippen molar-refractivity contribution in [2.75, 3.05) is 5.73 Å². The van der Waals surface area contributed by atoms with Crippen molar-refractivity contribution in [1.29, 1.82) is 0 Å². The Labute approximate surface area is 90.6 Å². The molecule has 74 valence electrons. The van der Waals surface area contributed by atoms with E-state index in [2.05, 4.69) is 6.07 Å². The number of anilines is 1. The van der Waals surface area contributed by atoms with E-state index in [1.54, 1.807) is 17.4 Å². The van der Waals surface area contributed by atoms with E-state index in [4.69, 9.17) is 5.73 Å². The second kappa shape index (κ2) is 2.87. The van der Waals surface area contributed by atoms with Crippen molar-refractivity contribution in [3.05, 3.63) is 36.4 Å². The van der Waals surface area contributed by atoms with Crippen LogP contribution in [0, 0.1) is 0 Å². The first kappa shape index (κ1) is 8.56. The molecule has 3 rings (SSSR count). The monoisotopic (exact) mass is 215 g/mol. The molecule has 2 aromatic carbocycles. The molecule has 0 unspecified atom stereocenters. The van der Waals surface area contributed by atoms with Gasteiger partial charge in [0, 0.05) is 27.2 Å². The number of hydrogen-bond donors (Lipinski definition) is 2. The van der Waals surface area contributed by atoms with E-state index < -0.39 is 0 Å². The van der Waals surface area contributed by atoms with Gasteiger partial charge in [0.25, 0.3) is 0 Å². The van der Waals surface area contributed by atoms with E-state index >= 15 is 0 Å². The van der Waals surface area contributed by atoms with E-state index in [1.807, 2.05) is 24.3 Å². The fourth-order valence-corrected chi connectivity index (χ4v) is 2.93. The molecular formula is C12H9NOS. The van der Waals surface area contributed by atoms with Crippen molar-refractivity contribution in [3.8, 4) is 5.75 Å². The quantitative estimate of drug-likeness (QED) is 0.565. The van der Waals surface area contributed by atoms with E-state index in [9.17, 15) is 5.11 Å². The minimum absolute atomic E-state index is 0.270. The summed E-state index contributed by atoms with van der Waals surface area (Å²) in [5.41, 5.74) is 6.32. The first-order chi connectivity index (χ1) is 7.25. The van der Waals surface area contributed by atoms with Gasteiger partial charge in [-0.1, -0.05) is 18.2 Å². The van der Waals surface area contributed by atoms with Crippen LogP contribution in [-0.4, -0.2) is 5.11 Å². The van der Waals surface area contributed by atoms with Crippen LogP contribution in [0.5, 0.6) is 5.75 Å². The number of rotatable bonds is 0. The molecule has 0 bridgehead atoms. The van der Waals surface area contributed by atoms with Crippen molar-refractivity contribution in [2.24, 2.45) is 0 Å². The molecule has 1 heterocycles. The highest BCUT2D eigenvalue weighted by Crippen LogP contribution is 2.39.